The third kappa shape index (κ3) is 3.98. The third-order valence-corrected chi connectivity index (χ3v) is 4.98. The SMILES string of the molecule is CCOC(=O)c1cnn(C)c1NC(=O)c1cccnc1O[C@@H]1CCSC1. The number of nitrogens with zero attached hydrogens (tertiary/aromatic N) is 3. The number of anilines is 1. The molecule has 2 aromatic heterocycles. The van der Waals surface area contributed by atoms with Gasteiger partial charge in [-0.2, -0.15) is 16.9 Å². The lowest BCUT2D eigenvalue weighted by Gasteiger charge is -2.15. The molecular weight excluding hydrogens is 356 g/mol. The molecule has 1 aliphatic heterocycles. The molecule has 9 heteroatoms. The predicted molar refractivity (Wildman–Crippen MR) is 97.7 cm³/mol. The first-order valence-corrected chi connectivity index (χ1v) is 9.45. The van der Waals surface area contributed by atoms with Crippen molar-refractivity contribution in [2.75, 3.05) is 23.4 Å². The van der Waals surface area contributed by atoms with Gasteiger partial charge in [0, 0.05) is 19.0 Å². The smallest absolute Gasteiger partial charge is 0.343 e. The number of hydrogen-bond donors (Lipinski definition) is 1. The quantitative estimate of drug-likeness (QED) is 0.772. The van der Waals surface area contributed by atoms with Crippen molar-refractivity contribution in [1.29, 1.82) is 0 Å². The number of amides is 1. The maximum Gasteiger partial charge on any atom is 0.343 e. The van der Waals surface area contributed by atoms with Gasteiger partial charge < -0.3 is 14.8 Å². The molecule has 8 nitrogen and oxygen atoms in total. The molecule has 1 aliphatic rings. The Morgan fingerprint density at radius 2 is 2.27 bits per heavy atom. The molecule has 0 saturated carbocycles. The highest BCUT2D eigenvalue weighted by atomic mass is 32.2. The van der Waals surface area contributed by atoms with Gasteiger partial charge >= 0.3 is 5.97 Å². The molecule has 0 bridgehead atoms. The first-order valence-electron chi connectivity index (χ1n) is 8.30. The van der Waals surface area contributed by atoms with E-state index < -0.39 is 11.9 Å². The molecule has 0 unspecified atom stereocenters. The molecule has 26 heavy (non-hydrogen) atoms. The molecule has 0 spiro atoms. The van der Waals surface area contributed by atoms with Crippen molar-refractivity contribution in [1.82, 2.24) is 14.8 Å². The number of carbonyl (C=O) groups excluding carboxylic acids is 2. The number of esters is 1. The highest BCUT2D eigenvalue weighted by Crippen LogP contribution is 2.25. The molecule has 1 fully saturated rings. The van der Waals surface area contributed by atoms with Crippen molar-refractivity contribution < 1.29 is 19.1 Å². The van der Waals surface area contributed by atoms with Gasteiger partial charge in [0.05, 0.1) is 12.8 Å². The summed E-state index contributed by atoms with van der Waals surface area (Å²) in [6.07, 6.45) is 3.93. The van der Waals surface area contributed by atoms with Crippen LogP contribution in [0.4, 0.5) is 5.82 Å². The second-order valence-corrected chi connectivity index (χ2v) is 6.81. The maximum absolute atomic E-state index is 12.8. The second-order valence-electron chi connectivity index (χ2n) is 5.66. The van der Waals surface area contributed by atoms with E-state index in [1.54, 1.807) is 32.3 Å². The Morgan fingerprint density at radius 3 is 3.00 bits per heavy atom. The Hall–Kier alpha value is -2.55. The number of carbonyl (C=O) groups is 2. The van der Waals surface area contributed by atoms with Gasteiger partial charge in [0.15, 0.2) is 0 Å². The van der Waals surface area contributed by atoms with Crippen LogP contribution in [0.3, 0.4) is 0 Å². The fraction of sp³-hybridized carbons (Fsp3) is 0.412. The minimum absolute atomic E-state index is 0.0493. The first-order chi connectivity index (χ1) is 12.6. The highest BCUT2D eigenvalue weighted by molar-refractivity contribution is 7.99. The van der Waals surface area contributed by atoms with Gasteiger partial charge in [-0.15, -0.1) is 0 Å². The van der Waals surface area contributed by atoms with Gasteiger partial charge in [-0.25, -0.2) is 9.78 Å². The van der Waals surface area contributed by atoms with E-state index in [-0.39, 0.29) is 30.0 Å². The molecule has 1 saturated heterocycles. The average molecular weight is 376 g/mol. The lowest BCUT2D eigenvalue weighted by molar-refractivity contribution is 0.0527. The lowest BCUT2D eigenvalue weighted by Crippen LogP contribution is -2.21. The molecule has 0 aliphatic carbocycles. The summed E-state index contributed by atoms with van der Waals surface area (Å²) in [6, 6.07) is 3.31. The Bertz CT molecular complexity index is 802. The second kappa shape index (κ2) is 8.22. The van der Waals surface area contributed by atoms with E-state index in [0.29, 0.717) is 5.56 Å². The summed E-state index contributed by atoms with van der Waals surface area (Å²) in [7, 11) is 1.63. The van der Waals surface area contributed by atoms with Crippen molar-refractivity contribution in [2.24, 2.45) is 7.05 Å². The molecular formula is C17H20N4O4S. The summed E-state index contributed by atoms with van der Waals surface area (Å²) < 4.78 is 12.3. The topological polar surface area (TPSA) is 95.3 Å². The Labute approximate surface area is 155 Å². The van der Waals surface area contributed by atoms with E-state index in [0.717, 1.165) is 17.9 Å². The molecule has 138 valence electrons. The molecule has 3 rings (SSSR count). The van der Waals surface area contributed by atoms with Crippen LogP contribution in [0.2, 0.25) is 0 Å². The molecule has 1 N–H and O–H groups in total. The minimum Gasteiger partial charge on any atom is -0.473 e. The summed E-state index contributed by atoms with van der Waals surface area (Å²) in [4.78, 5) is 29.0. The van der Waals surface area contributed by atoms with Crippen LogP contribution in [0, 0.1) is 0 Å². The van der Waals surface area contributed by atoms with Crippen LogP contribution >= 0.6 is 11.8 Å². The zero-order chi connectivity index (χ0) is 18.5. The Morgan fingerprint density at radius 1 is 1.42 bits per heavy atom. The van der Waals surface area contributed by atoms with Crippen LogP contribution < -0.4 is 10.1 Å². The van der Waals surface area contributed by atoms with E-state index in [1.165, 1.54) is 10.9 Å². The molecule has 0 radical (unpaired) electrons. The van der Waals surface area contributed by atoms with Gasteiger partial charge in [0.1, 0.15) is 23.0 Å². The zero-order valence-electron chi connectivity index (χ0n) is 14.6. The van der Waals surface area contributed by atoms with E-state index >= 15 is 0 Å². The number of aryl methyl sites for hydroxylation is 1. The maximum atomic E-state index is 12.8. The lowest BCUT2D eigenvalue weighted by atomic mass is 10.2. The molecule has 1 atom stereocenters. The van der Waals surface area contributed by atoms with Crippen molar-refractivity contribution in [3.05, 3.63) is 35.7 Å². The van der Waals surface area contributed by atoms with Gasteiger partial charge in [-0.05, 0) is 31.2 Å². The van der Waals surface area contributed by atoms with E-state index in [2.05, 4.69) is 15.4 Å². The molecule has 1 amide bonds. The Balaban J connectivity index is 1.81. The summed E-state index contributed by atoms with van der Waals surface area (Å²) in [6.45, 7) is 1.95. The summed E-state index contributed by atoms with van der Waals surface area (Å²) in [5.41, 5.74) is 0.502. The van der Waals surface area contributed by atoms with Crippen LogP contribution in [0.25, 0.3) is 0 Å². The zero-order valence-corrected chi connectivity index (χ0v) is 15.4. The minimum atomic E-state index is -0.540. The van der Waals surface area contributed by atoms with Crippen molar-refractivity contribution in [2.45, 2.75) is 19.4 Å². The monoisotopic (exact) mass is 376 g/mol. The number of hydrogen-bond acceptors (Lipinski definition) is 7. The van der Waals surface area contributed by atoms with Crippen molar-refractivity contribution in [3.8, 4) is 5.88 Å². The van der Waals surface area contributed by atoms with Gasteiger partial charge in [-0.3, -0.25) is 9.48 Å². The fourth-order valence-corrected chi connectivity index (χ4v) is 3.63. The highest BCUT2D eigenvalue weighted by Gasteiger charge is 2.24. The largest absolute Gasteiger partial charge is 0.473 e. The number of pyridine rings is 1. The fourth-order valence-electron chi connectivity index (χ4n) is 2.54. The number of aromatic nitrogens is 3. The van der Waals surface area contributed by atoms with Crippen LogP contribution in [-0.4, -0.2) is 50.9 Å². The molecule has 3 heterocycles. The standard InChI is InChI=1S/C17H20N4O4S/c1-3-24-17(23)13-9-19-21(2)14(13)20-15(22)12-5-4-7-18-16(12)25-11-6-8-26-10-11/h4-5,7,9,11H,3,6,8,10H2,1-2H3,(H,20,22)/t11-/m1/s1. The summed E-state index contributed by atoms with van der Waals surface area (Å²) in [5, 5.41) is 6.74. The van der Waals surface area contributed by atoms with E-state index in [1.807, 2.05) is 11.8 Å². The predicted octanol–water partition coefficient (Wildman–Crippen LogP) is 2.13. The van der Waals surface area contributed by atoms with Crippen LogP contribution in [-0.2, 0) is 11.8 Å². The number of nitrogens with one attached hydrogen (secondary N) is 1. The van der Waals surface area contributed by atoms with Crippen LogP contribution in [0.15, 0.2) is 24.5 Å². The molecule has 0 aromatic carbocycles. The summed E-state index contributed by atoms with van der Waals surface area (Å²) in [5.74, 6) is 1.51. The van der Waals surface area contributed by atoms with E-state index in [4.69, 9.17) is 9.47 Å². The van der Waals surface area contributed by atoms with Crippen LogP contribution in [0.1, 0.15) is 34.1 Å². The summed E-state index contributed by atoms with van der Waals surface area (Å²) >= 11 is 1.81. The molecule has 2 aromatic rings. The van der Waals surface area contributed by atoms with Gasteiger partial charge in [0.25, 0.3) is 5.91 Å². The van der Waals surface area contributed by atoms with E-state index in [9.17, 15) is 9.59 Å². The number of rotatable bonds is 6. The third-order valence-electron chi connectivity index (χ3n) is 3.85. The first kappa shape index (κ1) is 18.2. The van der Waals surface area contributed by atoms with Crippen molar-refractivity contribution in [3.63, 3.8) is 0 Å². The van der Waals surface area contributed by atoms with Crippen LogP contribution in [0.5, 0.6) is 5.88 Å². The normalized spacial score (nSPS) is 16.3. The Kier molecular flexibility index (Phi) is 5.77. The van der Waals surface area contributed by atoms with Gasteiger partial charge in [-0.1, -0.05) is 0 Å². The number of ether oxygens (including phenoxy) is 2. The number of thioether (sulfide) groups is 1. The van der Waals surface area contributed by atoms with Crippen molar-refractivity contribution >= 4 is 29.5 Å². The average Bonchev–Trinajstić information content (AvgIpc) is 3.26. The van der Waals surface area contributed by atoms with Gasteiger partial charge in [0.2, 0.25) is 5.88 Å².